The van der Waals surface area contributed by atoms with Gasteiger partial charge in [-0.05, 0) is 44.0 Å². The van der Waals surface area contributed by atoms with Crippen LogP contribution < -0.4 is 4.74 Å². The zero-order valence-corrected chi connectivity index (χ0v) is 13.8. The maximum absolute atomic E-state index is 12.2. The number of likely N-dealkylation sites (tertiary alicyclic amines) is 1. The number of carbonyl (C=O) groups is 1. The Morgan fingerprint density at radius 1 is 1.32 bits per heavy atom. The number of methoxy groups -OCH3 is 1. The van der Waals surface area contributed by atoms with Gasteiger partial charge in [0, 0.05) is 29.1 Å². The number of hydrogen-bond donors (Lipinski definition) is 0. The molecule has 2 aromatic rings. The summed E-state index contributed by atoms with van der Waals surface area (Å²) in [7, 11) is 1.66. The Hall–Kier alpha value is -1.75. The lowest BCUT2D eigenvalue weighted by atomic mass is 10.2. The van der Waals surface area contributed by atoms with Gasteiger partial charge in [0.2, 0.25) is 5.91 Å². The smallest absolute Gasteiger partial charge is 0.232 e. The fourth-order valence-corrected chi connectivity index (χ4v) is 3.78. The van der Waals surface area contributed by atoms with Gasteiger partial charge in [-0.25, -0.2) is 0 Å². The third-order valence-electron chi connectivity index (χ3n) is 3.92. The maximum atomic E-state index is 12.2. The number of aryl methyl sites for hydroxylation is 1. The molecule has 116 valence electrons. The average molecular weight is 316 g/mol. The van der Waals surface area contributed by atoms with Crippen LogP contribution in [0.5, 0.6) is 5.75 Å². The number of benzene rings is 1. The largest absolute Gasteiger partial charge is 0.497 e. The van der Waals surface area contributed by atoms with E-state index >= 15 is 0 Å². The molecule has 1 saturated heterocycles. The second-order valence-corrected chi connectivity index (χ2v) is 6.54. The predicted molar refractivity (Wildman–Crippen MR) is 89.6 cm³/mol. The van der Waals surface area contributed by atoms with Gasteiger partial charge in [0.15, 0.2) is 0 Å². The molecule has 1 amide bonds. The predicted octanol–water partition coefficient (Wildman–Crippen LogP) is 3.27. The molecule has 0 N–H and O–H groups in total. The highest BCUT2D eigenvalue weighted by atomic mass is 32.2. The van der Waals surface area contributed by atoms with Gasteiger partial charge in [-0.2, -0.15) is 0 Å². The van der Waals surface area contributed by atoms with Crippen LogP contribution in [-0.2, 0) is 4.79 Å². The molecule has 0 aliphatic carbocycles. The minimum Gasteiger partial charge on any atom is -0.497 e. The lowest BCUT2D eigenvalue weighted by Crippen LogP contribution is -2.29. The highest BCUT2D eigenvalue weighted by Gasteiger charge is 2.18. The van der Waals surface area contributed by atoms with Crippen LogP contribution in [0, 0.1) is 6.92 Å². The van der Waals surface area contributed by atoms with Gasteiger partial charge in [-0.15, -0.1) is 11.8 Å². The molecule has 1 aromatic carbocycles. The molecule has 0 saturated carbocycles. The normalized spacial score (nSPS) is 14.5. The van der Waals surface area contributed by atoms with E-state index in [0.29, 0.717) is 5.75 Å². The van der Waals surface area contributed by atoms with Crippen molar-refractivity contribution >= 4 is 28.6 Å². The summed E-state index contributed by atoms with van der Waals surface area (Å²) in [4.78, 5) is 19.8. The van der Waals surface area contributed by atoms with Crippen LogP contribution in [-0.4, -0.2) is 41.7 Å². The first-order valence-corrected chi connectivity index (χ1v) is 8.52. The van der Waals surface area contributed by atoms with Crippen molar-refractivity contribution in [1.82, 2.24) is 9.88 Å². The Kier molecular flexibility index (Phi) is 4.52. The quantitative estimate of drug-likeness (QED) is 0.812. The number of carbonyl (C=O) groups excluding carboxylic acids is 1. The van der Waals surface area contributed by atoms with E-state index in [0.717, 1.165) is 53.2 Å². The first-order chi connectivity index (χ1) is 10.7. The molecule has 1 fully saturated rings. The van der Waals surface area contributed by atoms with E-state index in [1.54, 1.807) is 18.9 Å². The summed E-state index contributed by atoms with van der Waals surface area (Å²) in [6.07, 6.45) is 2.26. The molecule has 1 aliphatic heterocycles. The molecule has 4 nitrogen and oxygen atoms in total. The third-order valence-corrected chi connectivity index (χ3v) is 4.96. The molecule has 5 heteroatoms. The monoisotopic (exact) mass is 316 g/mol. The van der Waals surface area contributed by atoms with Gasteiger partial charge in [0.05, 0.1) is 18.4 Å². The summed E-state index contributed by atoms with van der Waals surface area (Å²) in [5.74, 6) is 1.52. The van der Waals surface area contributed by atoms with Crippen molar-refractivity contribution in [3.8, 4) is 5.75 Å². The topological polar surface area (TPSA) is 42.4 Å². The maximum Gasteiger partial charge on any atom is 0.232 e. The molecule has 22 heavy (non-hydrogen) atoms. The van der Waals surface area contributed by atoms with E-state index in [-0.39, 0.29) is 5.91 Å². The Balaban J connectivity index is 1.83. The first-order valence-electron chi connectivity index (χ1n) is 7.53. The van der Waals surface area contributed by atoms with Gasteiger partial charge >= 0.3 is 0 Å². The van der Waals surface area contributed by atoms with Crippen molar-refractivity contribution in [2.75, 3.05) is 26.0 Å². The summed E-state index contributed by atoms with van der Waals surface area (Å²) in [5, 5.41) is 1.05. The summed E-state index contributed by atoms with van der Waals surface area (Å²) in [5.41, 5.74) is 1.91. The summed E-state index contributed by atoms with van der Waals surface area (Å²) in [6, 6.07) is 7.92. The number of nitrogens with zero attached hydrogens (tertiary/aromatic N) is 2. The Morgan fingerprint density at radius 3 is 2.82 bits per heavy atom. The zero-order valence-electron chi connectivity index (χ0n) is 13.0. The van der Waals surface area contributed by atoms with Crippen molar-refractivity contribution in [2.45, 2.75) is 24.7 Å². The van der Waals surface area contributed by atoms with Crippen LogP contribution in [0.1, 0.15) is 18.5 Å². The SMILES string of the molecule is COc1ccc2nc(C)cc(SCC(=O)N3CCCC3)c2c1. The number of rotatable bonds is 4. The van der Waals surface area contributed by atoms with E-state index in [9.17, 15) is 4.79 Å². The highest BCUT2D eigenvalue weighted by molar-refractivity contribution is 8.00. The molecule has 0 atom stereocenters. The van der Waals surface area contributed by atoms with Crippen LogP contribution >= 0.6 is 11.8 Å². The molecule has 2 heterocycles. The molecule has 0 spiro atoms. The number of ether oxygens (including phenoxy) is 1. The summed E-state index contributed by atoms with van der Waals surface area (Å²) in [6.45, 7) is 3.79. The number of pyridine rings is 1. The zero-order chi connectivity index (χ0) is 15.5. The standard InChI is InChI=1S/C17H20N2O2S/c1-12-9-16(22-11-17(20)19-7-3-4-8-19)14-10-13(21-2)5-6-15(14)18-12/h5-6,9-10H,3-4,7-8,11H2,1-2H3. The van der Waals surface area contributed by atoms with Crippen LogP contribution in [0.15, 0.2) is 29.2 Å². The second-order valence-electron chi connectivity index (χ2n) is 5.52. The third kappa shape index (κ3) is 3.19. The minimum atomic E-state index is 0.230. The van der Waals surface area contributed by atoms with E-state index in [1.807, 2.05) is 36.1 Å². The van der Waals surface area contributed by atoms with Gasteiger partial charge in [0.25, 0.3) is 0 Å². The van der Waals surface area contributed by atoms with E-state index in [4.69, 9.17) is 4.74 Å². The number of amides is 1. The van der Waals surface area contributed by atoms with Crippen molar-refractivity contribution < 1.29 is 9.53 Å². The lowest BCUT2D eigenvalue weighted by Gasteiger charge is -2.15. The molecular weight excluding hydrogens is 296 g/mol. The van der Waals surface area contributed by atoms with Crippen molar-refractivity contribution in [3.05, 3.63) is 30.0 Å². The van der Waals surface area contributed by atoms with Gasteiger partial charge in [-0.3, -0.25) is 9.78 Å². The molecule has 0 unspecified atom stereocenters. The van der Waals surface area contributed by atoms with Crippen molar-refractivity contribution in [1.29, 1.82) is 0 Å². The van der Waals surface area contributed by atoms with Gasteiger partial charge < -0.3 is 9.64 Å². The summed E-state index contributed by atoms with van der Waals surface area (Å²) >= 11 is 1.59. The molecule has 1 aromatic heterocycles. The van der Waals surface area contributed by atoms with Crippen LogP contribution in [0.25, 0.3) is 10.9 Å². The fraction of sp³-hybridized carbons (Fsp3) is 0.412. The van der Waals surface area contributed by atoms with Gasteiger partial charge in [0.1, 0.15) is 5.75 Å². The number of fused-ring (bicyclic) bond motifs is 1. The van der Waals surface area contributed by atoms with Gasteiger partial charge in [-0.1, -0.05) is 0 Å². The lowest BCUT2D eigenvalue weighted by molar-refractivity contribution is -0.127. The molecule has 1 aliphatic rings. The second kappa shape index (κ2) is 6.57. The number of hydrogen-bond acceptors (Lipinski definition) is 4. The van der Waals surface area contributed by atoms with Crippen LogP contribution in [0.2, 0.25) is 0 Å². The van der Waals surface area contributed by atoms with Crippen molar-refractivity contribution in [3.63, 3.8) is 0 Å². The molecular formula is C17H20N2O2S. The Bertz CT molecular complexity index is 696. The Morgan fingerprint density at radius 2 is 2.09 bits per heavy atom. The van der Waals surface area contributed by atoms with Crippen LogP contribution in [0.4, 0.5) is 0 Å². The molecule has 0 radical (unpaired) electrons. The highest BCUT2D eigenvalue weighted by Crippen LogP contribution is 2.31. The van der Waals surface area contributed by atoms with E-state index in [2.05, 4.69) is 4.98 Å². The first kappa shape index (κ1) is 15.2. The fourth-order valence-electron chi connectivity index (χ4n) is 2.74. The van der Waals surface area contributed by atoms with Crippen LogP contribution in [0.3, 0.4) is 0 Å². The average Bonchev–Trinajstić information content (AvgIpc) is 3.06. The van der Waals surface area contributed by atoms with E-state index in [1.165, 1.54) is 0 Å². The minimum absolute atomic E-state index is 0.230. The van der Waals surface area contributed by atoms with Crippen molar-refractivity contribution in [2.24, 2.45) is 0 Å². The Labute approximate surface area is 134 Å². The molecule has 3 rings (SSSR count). The summed E-state index contributed by atoms with van der Waals surface area (Å²) < 4.78 is 5.30. The number of thioether (sulfide) groups is 1. The number of aromatic nitrogens is 1. The van der Waals surface area contributed by atoms with E-state index < -0.39 is 0 Å². The molecule has 0 bridgehead atoms.